The minimum absolute atomic E-state index is 0.159. The van der Waals surface area contributed by atoms with Crippen LogP contribution in [0.4, 0.5) is 0 Å². The van der Waals surface area contributed by atoms with Crippen LogP contribution in [-0.2, 0) is 14.6 Å². The second-order valence-corrected chi connectivity index (χ2v) is 11.5. The highest BCUT2D eigenvalue weighted by Crippen LogP contribution is 2.42. The number of hydrogen-bond acceptors (Lipinski definition) is 4. The first-order valence-corrected chi connectivity index (χ1v) is 17.7. The maximum Gasteiger partial charge on any atom is 0.310 e. The van der Waals surface area contributed by atoms with Gasteiger partial charge in [-0.25, -0.2) is 0 Å². The Balaban J connectivity index is 0.000000835. The van der Waals surface area contributed by atoms with Gasteiger partial charge < -0.3 is 23.7 Å². The molecule has 0 radical (unpaired) electrons. The largest absolute Gasteiger partial charge is 0.871 e. The molecule has 3 rings (SSSR count). The van der Waals surface area contributed by atoms with E-state index in [1.165, 1.54) is 87.1 Å². The van der Waals surface area contributed by atoms with Crippen LogP contribution in [0.2, 0.25) is 0 Å². The van der Waals surface area contributed by atoms with E-state index in [9.17, 15) is 10.0 Å². The Bertz CT molecular complexity index is 964. The van der Waals surface area contributed by atoms with Crippen LogP contribution in [0.3, 0.4) is 0 Å². The van der Waals surface area contributed by atoms with Crippen molar-refractivity contribution in [1.29, 1.82) is 0 Å². The van der Waals surface area contributed by atoms with Gasteiger partial charge in [-0.3, -0.25) is 0 Å². The van der Waals surface area contributed by atoms with E-state index >= 15 is 0 Å². The molecule has 0 heterocycles. The van der Waals surface area contributed by atoms with Gasteiger partial charge >= 0.3 is 9.12 Å². The number of quaternary nitrogens is 2. The van der Waals surface area contributed by atoms with Crippen molar-refractivity contribution in [2.75, 3.05) is 59.0 Å². The molecule has 0 N–H and O–H groups in total. The predicted octanol–water partition coefficient (Wildman–Crippen LogP) is 6.50. The molecule has 0 aromatic heterocycles. The summed E-state index contributed by atoms with van der Waals surface area (Å²) in [5, 5.41) is 21.4. The van der Waals surface area contributed by atoms with Gasteiger partial charge in [-0.15, -0.1) is 0 Å². The molecule has 1 unspecified atom stereocenters. The van der Waals surface area contributed by atoms with Crippen LogP contribution in [0, 0.1) is 0 Å². The molecule has 0 fully saturated rings. The molecular formula is C38H63BN2O4P+. The lowest BCUT2D eigenvalue weighted by Crippen LogP contribution is -2.48. The molecule has 0 saturated heterocycles. The summed E-state index contributed by atoms with van der Waals surface area (Å²) < 4.78 is 15.5. The highest BCUT2D eigenvalue weighted by molar-refractivity contribution is 7.00. The lowest BCUT2D eigenvalue weighted by atomic mass is 9.67. The van der Waals surface area contributed by atoms with Crippen molar-refractivity contribution in [1.82, 2.24) is 0 Å². The zero-order valence-corrected chi connectivity index (χ0v) is 31.3. The highest BCUT2D eigenvalue weighted by Gasteiger charge is 2.35. The van der Waals surface area contributed by atoms with Crippen molar-refractivity contribution in [3.63, 3.8) is 0 Å². The number of rotatable bonds is 16. The monoisotopic (exact) mass is 653 g/mol. The fourth-order valence-electron chi connectivity index (χ4n) is 6.30. The van der Waals surface area contributed by atoms with Crippen molar-refractivity contribution in [2.45, 2.75) is 73.6 Å². The Labute approximate surface area is 284 Å². The van der Waals surface area contributed by atoms with Crippen LogP contribution in [-0.4, -0.2) is 75.3 Å². The van der Waals surface area contributed by atoms with Gasteiger partial charge in [0.1, 0.15) is 0 Å². The summed E-state index contributed by atoms with van der Waals surface area (Å²) in [7, 11) is -1.06. The van der Waals surface area contributed by atoms with Crippen molar-refractivity contribution in [2.24, 2.45) is 0 Å². The Morgan fingerprint density at radius 3 is 1.00 bits per heavy atom. The van der Waals surface area contributed by atoms with Crippen LogP contribution >= 0.6 is 9.12 Å². The molecular weight excluding hydrogens is 590 g/mol. The van der Waals surface area contributed by atoms with E-state index in [1.54, 1.807) is 0 Å². The minimum Gasteiger partial charge on any atom is -0.871 e. The normalized spacial score (nSPS) is 11.2. The first kappa shape index (κ1) is 43.6. The van der Waals surface area contributed by atoms with E-state index in [2.05, 4.69) is 91.8 Å². The van der Waals surface area contributed by atoms with E-state index in [0.717, 1.165) is 6.42 Å². The second kappa shape index (κ2) is 24.8. The second-order valence-electron chi connectivity index (χ2n) is 11.5. The average Bonchev–Trinajstić information content (AvgIpc) is 3.13. The summed E-state index contributed by atoms with van der Waals surface area (Å²) >= 11 is 0. The third-order valence-electron chi connectivity index (χ3n) is 10.1. The summed E-state index contributed by atoms with van der Waals surface area (Å²) in [5.74, 6) is 0. The van der Waals surface area contributed by atoms with E-state index in [-0.39, 0.29) is 12.0 Å². The quantitative estimate of drug-likeness (QED) is 0.0583. The van der Waals surface area contributed by atoms with Crippen LogP contribution in [0.25, 0.3) is 0 Å². The average molecular weight is 654 g/mol. The molecule has 0 spiro atoms. The molecule has 0 aliphatic carbocycles. The molecule has 0 aliphatic rings. The zero-order valence-electron chi connectivity index (χ0n) is 30.1. The number of benzene rings is 3. The molecule has 3 aromatic rings. The summed E-state index contributed by atoms with van der Waals surface area (Å²) in [6, 6.07) is 31.0. The Morgan fingerprint density at radius 1 is 0.543 bits per heavy atom. The van der Waals surface area contributed by atoms with Crippen molar-refractivity contribution in [3.05, 3.63) is 108 Å². The first-order valence-electron chi connectivity index (χ1n) is 17.3. The minimum atomic E-state index is -2.23. The first-order chi connectivity index (χ1) is 22.2. The standard InChI is InChI=1S/C22H21BO3.2C8H20N.H2OP/c24-23(25)26-18-10-17-22(19-11-4-1-5-12-19,20-13-6-2-7-14-20)21-15-8-3-9-16-21;2*1-5-9(6-2,7-3)8-4;1-2/h1-9,11-16H,10,17-18H2;2*5-8H2,1-4H3;2H2/q-2;3*+1. The van der Waals surface area contributed by atoms with Gasteiger partial charge in [0, 0.05) is 12.0 Å². The van der Waals surface area contributed by atoms with Gasteiger partial charge in [0.25, 0.3) is 0 Å². The predicted molar refractivity (Wildman–Crippen MR) is 195 cm³/mol. The SMILES string of the molecule is CC[N+](CC)(CC)CC.CC[N+](CC)(CC)CC.O=[PH2+].[O-]B([O-])OCCCC(c1ccccc1)(c1ccccc1)c1ccccc1. The van der Waals surface area contributed by atoms with Gasteiger partial charge in [-0.05, 0) is 84.9 Å². The molecule has 46 heavy (non-hydrogen) atoms. The van der Waals surface area contributed by atoms with Gasteiger partial charge in [-0.1, -0.05) is 95.6 Å². The van der Waals surface area contributed by atoms with E-state index in [1.807, 2.05) is 54.6 Å². The third-order valence-corrected chi connectivity index (χ3v) is 10.1. The van der Waals surface area contributed by atoms with Gasteiger partial charge in [0.2, 0.25) is 0 Å². The third kappa shape index (κ3) is 13.4. The molecule has 256 valence electrons. The van der Waals surface area contributed by atoms with Crippen LogP contribution in [0.5, 0.6) is 0 Å². The van der Waals surface area contributed by atoms with Crippen LogP contribution < -0.4 is 10.0 Å². The molecule has 0 bridgehead atoms. The summed E-state index contributed by atoms with van der Waals surface area (Å²) in [6.45, 7) is 28.6. The van der Waals surface area contributed by atoms with Crippen molar-refractivity contribution in [3.8, 4) is 0 Å². The van der Waals surface area contributed by atoms with Crippen molar-refractivity contribution < 1.29 is 28.2 Å². The summed E-state index contributed by atoms with van der Waals surface area (Å²) in [6.07, 6.45) is 1.34. The maximum absolute atomic E-state index is 10.7. The topological polar surface area (TPSA) is 72.4 Å². The van der Waals surface area contributed by atoms with Gasteiger partial charge in [0.05, 0.1) is 59.7 Å². The fourth-order valence-corrected chi connectivity index (χ4v) is 6.30. The van der Waals surface area contributed by atoms with Crippen LogP contribution in [0.15, 0.2) is 91.0 Å². The van der Waals surface area contributed by atoms with Crippen LogP contribution in [0.1, 0.15) is 84.9 Å². The fraction of sp³-hybridized carbons (Fsp3) is 0.526. The molecule has 8 heteroatoms. The Morgan fingerprint density at radius 2 is 0.804 bits per heavy atom. The molecule has 0 aliphatic heterocycles. The smallest absolute Gasteiger partial charge is 0.310 e. The zero-order chi connectivity index (χ0) is 34.9. The molecule has 1 atom stereocenters. The van der Waals surface area contributed by atoms with E-state index in [0.29, 0.717) is 6.42 Å². The van der Waals surface area contributed by atoms with E-state index < -0.39 is 7.32 Å². The van der Waals surface area contributed by atoms with Crippen molar-refractivity contribution >= 4 is 16.4 Å². The number of nitrogens with zero attached hydrogens (tertiary/aromatic N) is 2. The maximum atomic E-state index is 10.7. The lowest BCUT2D eigenvalue weighted by molar-refractivity contribution is -0.921. The molecule has 3 aromatic carbocycles. The number of hydrogen-bond donors (Lipinski definition) is 0. The Hall–Kier alpha value is -2.38. The molecule has 0 amide bonds. The summed E-state index contributed by atoms with van der Waals surface area (Å²) in [4.78, 5) is 0. The molecule has 0 saturated carbocycles. The highest BCUT2D eigenvalue weighted by atomic mass is 31.0. The van der Waals surface area contributed by atoms with Gasteiger partial charge in [-0.2, -0.15) is 0 Å². The van der Waals surface area contributed by atoms with Gasteiger partial charge in [0.15, 0.2) is 0 Å². The molecule has 6 nitrogen and oxygen atoms in total. The summed E-state index contributed by atoms with van der Waals surface area (Å²) in [5.41, 5.74) is 3.17. The van der Waals surface area contributed by atoms with E-state index in [4.69, 9.17) is 9.22 Å². The lowest BCUT2D eigenvalue weighted by Gasteiger charge is -2.37. The Kier molecular flexibility index (Phi) is 23.5.